The lowest BCUT2D eigenvalue weighted by molar-refractivity contribution is -0.131. The van der Waals surface area contributed by atoms with Crippen molar-refractivity contribution in [3.63, 3.8) is 0 Å². The van der Waals surface area contributed by atoms with E-state index in [1.165, 1.54) is 0 Å². The predicted molar refractivity (Wildman–Crippen MR) is 141 cm³/mol. The van der Waals surface area contributed by atoms with Crippen molar-refractivity contribution in [2.75, 3.05) is 19.6 Å². The molecule has 2 aromatic carbocycles. The van der Waals surface area contributed by atoms with Gasteiger partial charge in [-0.05, 0) is 78.8 Å². The van der Waals surface area contributed by atoms with Crippen LogP contribution in [0.1, 0.15) is 50.5 Å². The van der Waals surface area contributed by atoms with Crippen molar-refractivity contribution in [1.29, 1.82) is 0 Å². The average molecular weight is 499 g/mol. The van der Waals surface area contributed by atoms with Gasteiger partial charge in [0.2, 0.25) is 5.91 Å². The summed E-state index contributed by atoms with van der Waals surface area (Å²) >= 11 is 0. The number of halogens is 1. The summed E-state index contributed by atoms with van der Waals surface area (Å²) < 4.78 is 15.7. The molecular formula is C30H31FN4O2. The van der Waals surface area contributed by atoms with Crippen molar-refractivity contribution in [2.45, 2.75) is 50.5 Å². The van der Waals surface area contributed by atoms with E-state index >= 15 is 4.39 Å². The number of fused-ring (bicyclic) bond motifs is 1. The molecule has 1 atom stereocenters. The number of amides is 2. The molecule has 3 heterocycles. The molecular weight excluding hydrogens is 467 g/mol. The second-order valence-electron chi connectivity index (χ2n) is 11.3. The molecule has 2 aliphatic heterocycles. The summed E-state index contributed by atoms with van der Waals surface area (Å²) in [6.07, 6.45) is 8.13. The molecule has 7 heteroatoms. The lowest BCUT2D eigenvalue weighted by Gasteiger charge is -2.25. The minimum atomic E-state index is -0.749. The van der Waals surface area contributed by atoms with Crippen LogP contribution in [0.2, 0.25) is 0 Å². The third-order valence-electron chi connectivity index (χ3n) is 8.71. The number of carbonyl (C=O) groups excluding carboxylic acids is 2. The van der Waals surface area contributed by atoms with Gasteiger partial charge in [-0.3, -0.25) is 19.5 Å². The highest BCUT2D eigenvalue weighted by atomic mass is 19.1. The van der Waals surface area contributed by atoms with Crippen LogP contribution in [0.4, 0.5) is 4.39 Å². The highest BCUT2D eigenvalue weighted by Crippen LogP contribution is 2.41. The number of nitrogens with one attached hydrogen (secondary N) is 1. The molecule has 1 spiro atoms. The van der Waals surface area contributed by atoms with Crippen LogP contribution in [0.5, 0.6) is 0 Å². The zero-order valence-corrected chi connectivity index (χ0v) is 20.9. The summed E-state index contributed by atoms with van der Waals surface area (Å²) in [6.45, 7) is 1.90. The Balaban J connectivity index is 1.18. The number of H-pyrrole nitrogens is 1. The van der Waals surface area contributed by atoms with Crippen molar-refractivity contribution in [2.24, 2.45) is 16.8 Å². The maximum Gasteiger partial charge on any atom is 0.256 e. The molecule has 0 radical (unpaired) electrons. The van der Waals surface area contributed by atoms with Gasteiger partial charge in [-0.25, -0.2) is 4.39 Å². The van der Waals surface area contributed by atoms with Gasteiger partial charge < -0.3 is 9.88 Å². The number of likely N-dealkylation sites (tertiary alicyclic amines) is 1. The first-order chi connectivity index (χ1) is 18.0. The normalized spacial score (nSPS) is 23.0. The molecule has 0 unspecified atom stereocenters. The van der Waals surface area contributed by atoms with E-state index in [0.29, 0.717) is 24.5 Å². The molecule has 2 aliphatic carbocycles. The van der Waals surface area contributed by atoms with E-state index in [-0.39, 0.29) is 29.5 Å². The smallest absolute Gasteiger partial charge is 0.256 e. The van der Waals surface area contributed by atoms with Gasteiger partial charge in [0.15, 0.2) is 0 Å². The Morgan fingerprint density at radius 2 is 1.84 bits per heavy atom. The Morgan fingerprint density at radius 3 is 2.62 bits per heavy atom. The fourth-order valence-corrected chi connectivity index (χ4v) is 6.45. The van der Waals surface area contributed by atoms with Crippen molar-refractivity contribution in [3.8, 4) is 11.1 Å². The molecule has 2 saturated carbocycles. The third-order valence-corrected chi connectivity index (χ3v) is 8.71. The van der Waals surface area contributed by atoms with E-state index in [1.54, 1.807) is 17.0 Å². The number of carbonyl (C=O) groups is 2. The Morgan fingerprint density at radius 1 is 1.05 bits per heavy atom. The minimum absolute atomic E-state index is 0.00708. The number of benzene rings is 2. The van der Waals surface area contributed by atoms with Gasteiger partial charge in [-0.1, -0.05) is 31.0 Å². The predicted octanol–water partition coefficient (Wildman–Crippen LogP) is 5.13. The highest BCUT2D eigenvalue weighted by Gasteiger charge is 2.51. The summed E-state index contributed by atoms with van der Waals surface area (Å²) in [6, 6.07) is 13.3. The van der Waals surface area contributed by atoms with Crippen LogP contribution >= 0.6 is 0 Å². The van der Waals surface area contributed by atoms with Gasteiger partial charge in [-0.2, -0.15) is 0 Å². The van der Waals surface area contributed by atoms with Crippen LogP contribution < -0.4 is 0 Å². The standard InChI is InChI=1S/C30H31FN4O2/c31-25-15-22(23-6-3-20-9-13-32-26(20)16-23)7-8-24(25)27-33-30(11-1-2-12-30)29(37)35(27)18-19-10-14-34(17-19)28(36)21-4-5-21/h3,6-9,13,15-16,19,21,32H,1-2,4-5,10-12,14,17-18H2/t19-/m1/s1. The number of amidine groups is 1. The fraction of sp³-hybridized carbons (Fsp3) is 0.433. The molecule has 7 rings (SSSR count). The SMILES string of the molecule is O=C(C1CC1)N1CC[C@@H](CN2C(=O)C3(CCCC3)N=C2c2ccc(-c3ccc4cc[nH]c4c3)cc2F)C1. The molecule has 3 fully saturated rings. The Kier molecular flexibility index (Phi) is 5.24. The molecule has 190 valence electrons. The van der Waals surface area contributed by atoms with E-state index in [9.17, 15) is 9.59 Å². The molecule has 1 saturated heterocycles. The summed E-state index contributed by atoms with van der Waals surface area (Å²) in [4.78, 5) is 38.2. The second kappa shape index (κ2) is 8.54. The van der Waals surface area contributed by atoms with Crippen molar-refractivity contribution in [3.05, 3.63) is 60.0 Å². The molecule has 1 N–H and O–H groups in total. The summed E-state index contributed by atoms with van der Waals surface area (Å²) in [5.74, 6) is 0.748. The lowest BCUT2D eigenvalue weighted by atomic mass is 9.97. The Bertz CT molecular complexity index is 1430. The van der Waals surface area contributed by atoms with Crippen molar-refractivity contribution >= 4 is 28.6 Å². The third kappa shape index (κ3) is 3.87. The second-order valence-corrected chi connectivity index (χ2v) is 11.3. The maximum atomic E-state index is 15.7. The van der Waals surface area contributed by atoms with E-state index in [4.69, 9.17) is 4.99 Å². The quantitative estimate of drug-likeness (QED) is 0.530. The highest BCUT2D eigenvalue weighted by molar-refractivity contribution is 6.15. The zero-order valence-electron chi connectivity index (χ0n) is 20.9. The van der Waals surface area contributed by atoms with E-state index < -0.39 is 5.54 Å². The number of aromatic amines is 1. The summed E-state index contributed by atoms with van der Waals surface area (Å²) in [5, 5.41) is 1.11. The molecule has 4 aliphatic rings. The Hall–Kier alpha value is -3.48. The molecule has 2 amide bonds. The molecule has 37 heavy (non-hydrogen) atoms. The van der Waals surface area contributed by atoms with Gasteiger partial charge in [0.1, 0.15) is 17.2 Å². The number of hydrogen-bond donors (Lipinski definition) is 1. The van der Waals surface area contributed by atoms with E-state index in [1.807, 2.05) is 41.4 Å². The van der Waals surface area contributed by atoms with Crippen LogP contribution in [-0.2, 0) is 9.59 Å². The zero-order chi connectivity index (χ0) is 25.1. The van der Waals surface area contributed by atoms with Gasteiger partial charge in [0.25, 0.3) is 5.91 Å². The minimum Gasteiger partial charge on any atom is -0.361 e. The van der Waals surface area contributed by atoms with Gasteiger partial charge >= 0.3 is 0 Å². The lowest BCUT2D eigenvalue weighted by Crippen LogP contribution is -2.44. The van der Waals surface area contributed by atoms with Crippen LogP contribution in [0.25, 0.3) is 22.0 Å². The Labute approximate surface area is 215 Å². The van der Waals surface area contributed by atoms with Crippen LogP contribution in [0, 0.1) is 17.7 Å². The molecule has 3 aromatic rings. The van der Waals surface area contributed by atoms with Crippen molar-refractivity contribution in [1.82, 2.24) is 14.8 Å². The first-order valence-electron chi connectivity index (χ1n) is 13.6. The number of aliphatic imine (C=N–C) groups is 1. The first-order valence-corrected chi connectivity index (χ1v) is 13.6. The molecule has 1 aromatic heterocycles. The van der Waals surface area contributed by atoms with Gasteiger partial charge in [0.05, 0.1) is 5.56 Å². The maximum absolute atomic E-state index is 15.7. The largest absolute Gasteiger partial charge is 0.361 e. The number of hydrogen-bond acceptors (Lipinski definition) is 3. The summed E-state index contributed by atoms with van der Waals surface area (Å²) in [5.41, 5.74) is 2.36. The number of aromatic nitrogens is 1. The average Bonchev–Trinajstić information content (AvgIpc) is 3.25. The van der Waals surface area contributed by atoms with Crippen molar-refractivity contribution < 1.29 is 14.0 Å². The first kappa shape index (κ1) is 22.7. The van der Waals surface area contributed by atoms with Crippen LogP contribution in [0.3, 0.4) is 0 Å². The summed E-state index contributed by atoms with van der Waals surface area (Å²) in [7, 11) is 0. The topological polar surface area (TPSA) is 68.8 Å². The van der Waals surface area contributed by atoms with Crippen LogP contribution in [-0.4, -0.2) is 57.6 Å². The fourth-order valence-electron chi connectivity index (χ4n) is 6.45. The molecule has 6 nitrogen and oxygen atoms in total. The van der Waals surface area contributed by atoms with Crippen LogP contribution in [0.15, 0.2) is 53.7 Å². The number of rotatable bonds is 5. The van der Waals surface area contributed by atoms with E-state index in [0.717, 1.165) is 73.5 Å². The van der Waals surface area contributed by atoms with Gasteiger partial charge in [-0.15, -0.1) is 0 Å². The van der Waals surface area contributed by atoms with Gasteiger partial charge in [0, 0.05) is 37.3 Å². The monoisotopic (exact) mass is 498 g/mol. The molecule has 0 bridgehead atoms. The van der Waals surface area contributed by atoms with E-state index in [2.05, 4.69) is 4.98 Å². The number of nitrogens with zero attached hydrogens (tertiary/aromatic N) is 3.